The quantitative estimate of drug-likeness (QED) is 0.0211. The van der Waals surface area contributed by atoms with Gasteiger partial charge in [0.15, 0.2) is 6.10 Å². The van der Waals surface area contributed by atoms with Gasteiger partial charge in [0.1, 0.15) is 13.2 Å². The Labute approximate surface area is 644 Å². The van der Waals surface area contributed by atoms with Gasteiger partial charge < -0.3 is 28.5 Å². The Balaban J connectivity index is 4.14. The van der Waals surface area contributed by atoms with E-state index in [-0.39, 0.29) is 38.6 Å². The molecule has 0 saturated carbocycles. The Morgan fingerprint density at radius 2 is 0.514 bits per heavy atom. The van der Waals surface area contributed by atoms with Gasteiger partial charge in [0.25, 0.3) is 6.29 Å². The molecular formula is C96H152NO8+. The Hall–Kier alpha value is -6.65. The lowest BCUT2D eigenvalue weighted by molar-refractivity contribution is -0.870. The summed E-state index contributed by atoms with van der Waals surface area (Å²) in [5.41, 5.74) is 0. The molecule has 9 nitrogen and oxygen atoms in total. The minimum Gasteiger partial charge on any atom is -0.477 e. The number of rotatable bonds is 74. The van der Waals surface area contributed by atoms with Crippen molar-refractivity contribution in [2.24, 2.45) is 0 Å². The van der Waals surface area contributed by atoms with Crippen LogP contribution < -0.4 is 0 Å². The molecule has 0 aliphatic heterocycles. The molecule has 0 aromatic carbocycles. The summed E-state index contributed by atoms with van der Waals surface area (Å²) in [6.07, 6.45) is 129. The lowest BCUT2D eigenvalue weighted by Gasteiger charge is -2.25. The van der Waals surface area contributed by atoms with E-state index in [1.54, 1.807) is 0 Å². The van der Waals surface area contributed by atoms with Crippen LogP contribution in [-0.2, 0) is 33.3 Å². The molecule has 0 heterocycles. The molecule has 0 radical (unpaired) electrons. The van der Waals surface area contributed by atoms with E-state index < -0.39 is 24.3 Å². The van der Waals surface area contributed by atoms with Crippen molar-refractivity contribution in [2.45, 2.75) is 309 Å². The highest BCUT2D eigenvalue weighted by Crippen LogP contribution is 2.17. The lowest BCUT2D eigenvalue weighted by atomic mass is 10.0. The van der Waals surface area contributed by atoms with Crippen LogP contribution in [0.2, 0.25) is 0 Å². The summed E-state index contributed by atoms with van der Waals surface area (Å²) in [7, 11) is 5.97. The molecule has 0 fully saturated rings. The maximum absolute atomic E-state index is 13.0. The molecule has 9 heteroatoms. The van der Waals surface area contributed by atoms with Crippen LogP contribution in [0.5, 0.6) is 0 Å². The predicted molar refractivity (Wildman–Crippen MR) is 455 cm³/mol. The molecule has 0 aromatic heterocycles. The zero-order chi connectivity index (χ0) is 76.0. The first-order chi connectivity index (χ1) is 51.6. The number of ether oxygens (including phenoxy) is 4. The molecule has 588 valence electrons. The molecule has 1 N–H and O–H groups in total. The van der Waals surface area contributed by atoms with E-state index in [2.05, 4.69) is 245 Å². The van der Waals surface area contributed by atoms with Gasteiger partial charge in [-0.05, 0) is 161 Å². The number of carbonyl (C=O) groups excluding carboxylic acids is 2. The molecule has 0 rings (SSSR count). The van der Waals surface area contributed by atoms with Gasteiger partial charge in [0.2, 0.25) is 0 Å². The molecule has 105 heavy (non-hydrogen) atoms. The van der Waals surface area contributed by atoms with Gasteiger partial charge >= 0.3 is 17.9 Å². The fourth-order valence-electron chi connectivity index (χ4n) is 10.7. The molecule has 0 spiro atoms. The van der Waals surface area contributed by atoms with Crippen molar-refractivity contribution < 1.29 is 42.9 Å². The summed E-state index contributed by atoms with van der Waals surface area (Å²) in [6, 6.07) is 0. The summed E-state index contributed by atoms with van der Waals surface area (Å²) in [4.78, 5) is 37.8. The average molecular weight is 1450 g/mol. The van der Waals surface area contributed by atoms with Crippen LogP contribution in [0.1, 0.15) is 296 Å². The first kappa shape index (κ1) is 98.4. The minimum absolute atomic E-state index is 0.175. The van der Waals surface area contributed by atoms with E-state index in [1.165, 1.54) is 96.3 Å². The highest BCUT2D eigenvalue weighted by molar-refractivity contribution is 5.71. The van der Waals surface area contributed by atoms with Gasteiger partial charge in [-0.3, -0.25) is 9.59 Å². The molecule has 0 aliphatic rings. The van der Waals surface area contributed by atoms with E-state index in [9.17, 15) is 19.5 Å². The Morgan fingerprint density at radius 3 is 0.762 bits per heavy atom. The second-order valence-electron chi connectivity index (χ2n) is 28.0. The Bertz CT molecular complexity index is 2590. The van der Waals surface area contributed by atoms with E-state index in [0.717, 1.165) is 167 Å². The van der Waals surface area contributed by atoms with Crippen molar-refractivity contribution in [1.29, 1.82) is 0 Å². The van der Waals surface area contributed by atoms with Gasteiger partial charge in [0, 0.05) is 12.8 Å². The number of allylic oxidation sites excluding steroid dienone is 38. The Morgan fingerprint density at radius 1 is 0.286 bits per heavy atom. The minimum atomic E-state index is -1.53. The number of carbonyl (C=O) groups is 3. The second kappa shape index (κ2) is 83.0. The second-order valence-corrected chi connectivity index (χ2v) is 28.0. The van der Waals surface area contributed by atoms with Gasteiger partial charge in [-0.15, -0.1) is 0 Å². The zero-order valence-corrected chi connectivity index (χ0v) is 67.3. The maximum Gasteiger partial charge on any atom is 0.361 e. The van der Waals surface area contributed by atoms with Gasteiger partial charge in [0.05, 0.1) is 34.4 Å². The maximum atomic E-state index is 13.0. The van der Waals surface area contributed by atoms with Crippen molar-refractivity contribution in [1.82, 2.24) is 0 Å². The number of likely N-dealkylation sites (N-methyl/N-ethyl adjacent to an activating group) is 1. The molecule has 2 unspecified atom stereocenters. The highest BCUT2D eigenvalue weighted by atomic mass is 16.7. The fraction of sp³-hybridized carbons (Fsp3) is 0.573. The van der Waals surface area contributed by atoms with E-state index in [0.29, 0.717) is 17.4 Å². The number of hydrogen-bond donors (Lipinski definition) is 1. The summed E-state index contributed by atoms with van der Waals surface area (Å²) < 4.78 is 23.0. The first-order valence-electron chi connectivity index (χ1n) is 41.5. The van der Waals surface area contributed by atoms with Crippen LogP contribution >= 0.6 is 0 Å². The largest absolute Gasteiger partial charge is 0.477 e. The van der Waals surface area contributed by atoms with Crippen molar-refractivity contribution in [3.63, 3.8) is 0 Å². The molecule has 0 saturated heterocycles. The average Bonchev–Trinajstić information content (AvgIpc) is 1.18. The van der Waals surface area contributed by atoms with Crippen LogP contribution in [0.3, 0.4) is 0 Å². The van der Waals surface area contributed by atoms with Crippen molar-refractivity contribution in [2.75, 3.05) is 47.5 Å². The number of nitrogens with zero attached hydrogens (tertiary/aromatic N) is 1. The number of carboxylic acids is 1. The highest BCUT2D eigenvalue weighted by Gasteiger charge is 2.25. The molecule has 0 aliphatic carbocycles. The fourth-order valence-corrected chi connectivity index (χ4v) is 10.7. The molecular weight excluding hydrogens is 1300 g/mol. The summed E-state index contributed by atoms with van der Waals surface area (Å²) in [5, 5.41) is 9.78. The third kappa shape index (κ3) is 84.5. The summed E-state index contributed by atoms with van der Waals surface area (Å²) in [6.45, 7) is 4.62. The van der Waals surface area contributed by atoms with Crippen LogP contribution in [0.25, 0.3) is 0 Å². The van der Waals surface area contributed by atoms with Crippen molar-refractivity contribution >= 4 is 17.9 Å². The topological polar surface area (TPSA) is 108 Å². The number of esters is 2. The number of hydrogen-bond acceptors (Lipinski definition) is 7. The monoisotopic (exact) mass is 1450 g/mol. The number of quaternary nitrogens is 1. The Kier molecular flexibility index (Phi) is 77.7. The normalized spacial score (nSPS) is 13.9. The summed E-state index contributed by atoms with van der Waals surface area (Å²) in [5.74, 6) is -2.04. The predicted octanol–water partition coefficient (Wildman–Crippen LogP) is 27.4. The third-order valence-corrected chi connectivity index (χ3v) is 16.9. The van der Waals surface area contributed by atoms with Gasteiger partial charge in [-0.25, -0.2) is 4.79 Å². The lowest BCUT2D eigenvalue weighted by Crippen LogP contribution is -2.40. The molecule has 0 bridgehead atoms. The van der Waals surface area contributed by atoms with Crippen LogP contribution in [0.4, 0.5) is 0 Å². The third-order valence-electron chi connectivity index (χ3n) is 16.9. The number of unbranched alkanes of at least 4 members (excludes halogenated alkanes) is 21. The molecule has 0 amide bonds. The molecule has 2 atom stereocenters. The smallest absolute Gasteiger partial charge is 0.361 e. The molecule has 0 aromatic rings. The number of carboxylic acid groups (broad SMARTS) is 1. The van der Waals surface area contributed by atoms with E-state index >= 15 is 0 Å². The van der Waals surface area contributed by atoms with Crippen molar-refractivity contribution in [3.8, 4) is 0 Å². The van der Waals surface area contributed by atoms with Gasteiger partial charge in [-0.2, -0.15) is 0 Å². The summed E-state index contributed by atoms with van der Waals surface area (Å²) >= 11 is 0. The van der Waals surface area contributed by atoms with Crippen molar-refractivity contribution in [3.05, 3.63) is 231 Å². The van der Waals surface area contributed by atoms with Crippen LogP contribution in [0.15, 0.2) is 231 Å². The van der Waals surface area contributed by atoms with Gasteiger partial charge in [-0.1, -0.05) is 354 Å². The zero-order valence-electron chi connectivity index (χ0n) is 67.3. The standard InChI is InChI=1S/C96H151NO8/c1-6-8-10-12-14-16-18-20-22-24-26-28-30-32-34-36-38-40-42-44-46-47-49-51-53-55-57-59-61-63-65-67-69-71-73-75-77-79-81-83-85-87-94(99)105-92(91-104-96(95(100)101)102-89-88-97(3,4)5)90-103-93(98)86-84-82-80-78-76-74-72-70-68-66-64-62-60-58-56-54-52-50-48-45-43-41-39-37-35-33-31-29-27-25-23-21-19-17-15-13-11-9-7-2/h8-11,14-17,20-23,26-29,32-35,38-41,44-46,48-49,51-52,54-55,57,61,63,67,69,92,96H,6-7,12-13,18-19,24-25,30-31,36-37,42-43,47,50,53,56,58-60,62,64-66,68,70-91H2,1-5H3/p+1/b10-8-,11-9-,16-14-,17-15-,22-20-,23-21-,28-26-,29-27-,34-32-,35-33-,40-38-,41-39-,46-44-,48-45-,51-49-,54-52-,57-55-,63-61-,69-67-. The van der Waals surface area contributed by atoms with E-state index in [4.69, 9.17) is 18.9 Å². The SMILES string of the molecule is CC/C=C\C/C=C\C/C=C\C/C=C\C/C=C\C/C=C\C/C=C\C/C=C\C/C=C\C/C=C\C/C=C\CCCCCCCCCC(=O)OC(COC(=O)CCCCCCCCCCCCCCCC/C=C\C/C=C\C/C=C\C/C=C\C/C=C\C/C=C\C/C=C\C/C=C\CC)COC(OCC[N+](C)(C)C)C(=O)O. The number of aliphatic carboxylic acids is 1. The van der Waals surface area contributed by atoms with E-state index in [1.807, 2.05) is 21.1 Å². The first-order valence-corrected chi connectivity index (χ1v) is 41.5. The van der Waals surface area contributed by atoms with Crippen LogP contribution in [0, 0.1) is 0 Å². The van der Waals surface area contributed by atoms with Crippen LogP contribution in [-0.4, -0.2) is 87.4 Å².